The minimum absolute atomic E-state index is 0.0257. The van der Waals surface area contributed by atoms with Gasteiger partial charge in [0.2, 0.25) is 5.91 Å². The molecule has 2 aromatic carbocycles. The predicted molar refractivity (Wildman–Crippen MR) is 112 cm³/mol. The zero-order chi connectivity index (χ0) is 21.3. The Morgan fingerprint density at radius 2 is 1.97 bits per heavy atom. The van der Waals surface area contributed by atoms with E-state index >= 15 is 0 Å². The molecule has 1 aliphatic rings. The largest absolute Gasteiger partial charge is 0.489 e. The van der Waals surface area contributed by atoms with Gasteiger partial charge in [0.05, 0.1) is 12.3 Å². The van der Waals surface area contributed by atoms with Crippen molar-refractivity contribution in [3.05, 3.63) is 59.9 Å². The zero-order valence-corrected chi connectivity index (χ0v) is 17.1. The predicted octanol–water partition coefficient (Wildman–Crippen LogP) is 3.53. The van der Waals surface area contributed by atoms with Crippen LogP contribution in [0.15, 0.2) is 48.5 Å². The van der Waals surface area contributed by atoms with Crippen LogP contribution in [0.4, 0.5) is 10.1 Å². The van der Waals surface area contributed by atoms with Crippen molar-refractivity contribution in [3.8, 4) is 5.75 Å². The number of para-hydroxylation sites is 2. The van der Waals surface area contributed by atoms with Crippen LogP contribution >= 0.6 is 0 Å². The van der Waals surface area contributed by atoms with Crippen LogP contribution in [0.25, 0.3) is 0 Å². The summed E-state index contributed by atoms with van der Waals surface area (Å²) in [7, 11) is 0. The molecule has 1 unspecified atom stereocenters. The summed E-state index contributed by atoms with van der Waals surface area (Å²) in [6, 6.07) is 13.0. The number of nitrogens with one attached hydrogen (secondary N) is 1. The standard InChI is InChI=1S/C23H27FN2O4/c1-17(27)25-21-5-2-3-7-23(21)30-16-20-15-26(13-14-29-20)12-4-6-22(28)18-8-10-19(24)11-9-18/h2-3,5,7-11,20H,4,6,12-16H2,1H3,(H,25,27). The van der Waals surface area contributed by atoms with E-state index in [4.69, 9.17) is 9.47 Å². The van der Waals surface area contributed by atoms with Crippen LogP contribution in [0, 0.1) is 5.82 Å². The Balaban J connectivity index is 1.43. The molecule has 0 radical (unpaired) electrons. The van der Waals surface area contributed by atoms with Crippen molar-refractivity contribution in [1.29, 1.82) is 0 Å². The summed E-state index contributed by atoms with van der Waals surface area (Å²) in [4.78, 5) is 25.8. The molecule has 1 aliphatic heterocycles. The van der Waals surface area contributed by atoms with Crippen LogP contribution in [0.2, 0.25) is 0 Å². The molecular formula is C23H27FN2O4. The van der Waals surface area contributed by atoms with Crippen molar-refractivity contribution in [2.75, 3.05) is 38.2 Å². The molecule has 6 nitrogen and oxygen atoms in total. The summed E-state index contributed by atoms with van der Waals surface area (Å²) >= 11 is 0. The Morgan fingerprint density at radius 1 is 1.20 bits per heavy atom. The molecule has 0 bridgehead atoms. The summed E-state index contributed by atoms with van der Waals surface area (Å²) in [5.74, 6) is 0.144. The van der Waals surface area contributed by atoms with Gasteiger partial charge in [-0.1, -0.05) is 12.1 Å². The van der Waals surface area contributed by atoms with Crippen LogP contribution in [-0.4, -0.2) is 55.5 Å². The van der Waals surface area contributed by atoms with Gasteiger partial charge in [0.1, 0.15) is 24.3 Å². The highest BCUT2D eigenvalue weighted by molar-refractivity contribution is 5.96. The number of rotatable bonds is 9. The van der Waals surface area contributed by atoms with Gasteiger partial charge in [-0.25, -0.2) is 4.39 Å². The van der Waals surface area contributed by atoms with Gasteiger partial charge in [0.25, 0.3) is 0 Å². The zero-order valence-electron chi connectivity index (χ0n) is 17.1. The van der Waals surface area contributed by atoms with Crippen molar-refractivity contribution in [2.24, 2.45) is 0 Å². The van der Waals surface area contributed by atoms with Crippen molar-refractivity contribution >= 4 is 17.4 Å². The molecule has 0 saturated carbocycles. The third-order valence-electron chi connectivity index (χ3n) is 4.89. The van der Waals surface area contributed by atoms with Crippen molar-refractivity contribution < 1.29 is 23.5 Å². The number of Topliss-reactive ketones (excluding diaryl/α,β-unsaturated/α-hetero) is 1. The Morgan fingerprint density at radius 3 is 2.73 bits per heavy atom. The van der Waals surface area contributed by atoms with Gasteiger partial charge in [0.15, 0.2) is 5.78 Å². The van der Waals surface area contributed by atoms with Crippen LogP contribution in [0.5, 0.6) is 5.75 Å². The van der Waals surface area contributed by atoms with Crippen LogP contribution in [0.1, 0.15) is 30.1 Å². The third-order valence-corrected chi connectivity index (χ3v) is 4.89. The average Bonchev–Trinajstić information content (AvgIpc) is 2.73. The Bertz CT molecular complexity index is 857. The van der Waals surface area contributed by atoms with E-state index in [0.717, 1.165) is 19.5 Å². The van der Waals surface area contributed by atoms with Gasteiger partial charge in [-0.2, -0.15) is 0 Å². The van der Waals surface area contributed by atoms with Gasteiger partial charge < -0.3 is 14.8 Å². The lowest BCUT2D eigenvalue weighted by molar-refractivity contribution is -0.114. The number of anilines is 1. The number of benzene rings is 2. The average molecular weight is 414 g/mol. The second kappa shape index (κ2) is 10.8. The summed E-state index contributed by atoms with van der Waals surface area (Å²) < 4.78 is 24.7. The monoisotopic (exact) mass is 414 g/mol. The van der Waals surface area contributed by atoms with Crippen LogP contribution < -0.4 is 10.1 Å². The van der Waals surface area contributed by atoms with Gasteiger partial charge in [0, 0.05) is 32.0 Å². The fourth-order valence-electron chi connectivity index (χ4n) is 3.40. The molecule has 1 saturated heterocycles. The van der Waals surface area contributed by atoms with Crippen molar-refractivity contribution in [3.63, 3.8) is 0 Å². The summed E-state index contributed by atoms with van der Waals surface area (Å²) in [6.45, 7) is 4.75. The first-order chi connectivity index (χ1) is 14.5. The lowest BCUT2D eigenvalue weighted by Crippen LogP contribution is -2.45. The molecule has 3 rings (SSSR count). The lowest BCUT2D eigenvalue weighted by atomic mass is 10.1. The number of ether oxygens (including phenoxy) is 2. The van der Waals surface area contributed by atoms with E-state index in [1.807, 2.05) is 18.2 Å². The fraction of sp³-hybridized carbons (Fsp3) is 0.391. The number of carbonyl (C=O) groups excluding carboxylic acids is 2. The number of carbonyl (C=O) groups is 2. The van der Waals surface area contributed by atoms with E-state index < -0.39 is 0 Å². The Hall–Kier alpha value is -2.77. The molecule has 1 amide bonds. The molecule has 160 valence electrons. The van der Waals surface area contributed by atoms with E-state index in [0.29, 0.717) is 43.2 Å². The van der Waals surface area contributed by atoms with E-state index in [9.17, 15) is 14.0 Å². The van der Waals surface area contributed by atoms with Crippen molar-refractivity contribution in [1.82, 2.24) is 4.90 Å². The molecular weight excluding hydrogens is 387 g/mol. The molecule has 1 fully saturated rings. The molecule has 1 heterocycles. The molecule has 0 spiro atoms. The molecule has 0 aliphatic carbocycles. The number of halogens is 1. The van der Waals surface area contributed by atoms with Gasteiger partial charge in [-0.15, -0.1) is 0 Å². The number of hydrogen-bond donors (Lipinski definition) is 1. The Labute approximate surface area is 176 Å². The molecule has 1 atom stereocenters. The second-order valence-electron chi connectivity index (χ2n) is 7.32. The van der Waals surface area contributed by atoms with Gasteiger partial charge in [-0.05, 0) is 49.4 Å². The minimum atomic E-state index is -0.340. The maximum absolute atomic E-state index is 13.0. The number of hydrogen-bond acceptors (Lipinski definition) is 5. The highest BCUT2D eigenvalue weighted by Crippen LogP contribution is 2.24. The smallest absolute Gasteiger partial charge is 0.221 e. The maximum Gasteiger partial charge on any atom is 0.221 e. The summed E-state index contributed by atoms with van der Waals surface area (Å²) in [6.07, 6.45) is 1.07. The van der Waals surface area contributed by atoms with E-state index in [2.05, 4.69) is 10.2 Å². The van der Waals surface area contributed by atoms with Gasteiger partial charge >= 0.3 is 0 Å². The first-order valence-corrected chi connectivity index (χ1v) is 10.1. The second-order valence-corrected chi connectivity index (χ2v) is 7.32. The first-order valence-electron chi connectivity index (χ1n) is 10.1. The molecule has 30 heavy (non-hydrogen) atoms. The number of ketones is 1. The number of amides is 1. The van der Waals surface area contributed by atoms with Gasteiger partial charge in [-0.3, -0.25) is 14.5 Å². The summed E-state index contributed by atoms with van der Waals surface area (Å²) in [5, 5.41) is 2.76. The quantitative estimate of drug-likeness (QED) is 0.636. The van der Waals surface area contributed by atoms with Crippen LogP contribution in [-0.2, 0) is 9.53 Å². The van der Waals surface area contributed by atoms with E-state index in [-0.39, 0.29) is 23.6 Å². The molecule has 1 N–H and O–H groups in total. The fourth-order valence-corrected chi connectivity index (χ4v) is 3.40. The van der Waals surface area contributed by atoms with E-state index in [1.165, 1.54) is 31.2 Å². The SMILES string of the molecule is CC(=O)Nc1ccccc1OCC1CN(CCCC(=O)c2ccc(F)cc2)CCO1. The topological polar surface area (TPSA) is 67.9 Å². The Kier molecular flexibility index (Phi) is 7.93. The lowest BCUT2D eigenvalue weighted by Gasteiger charge is -2.32. The highest BCUT2D eigenvalue weighted by atomic mass is 19.1. The minimum Gasteiger partial charge on any atom is -0.489 e. The van der Waals surface area contributed by atoms with Crippen LogP contribution in [0.3, 0.4) is 0 Å². The molecule has 0 aromatic heterocycles. The normalized spacial score (nSPS) is 16.8. The number of nitrogens with zero attached hydrogens (tertiary/aromatic N) is 1. The summed E-state index contributed by atoms with van der Waals surface area (Å²) in [5.41, 5.74) is 1.18. The van der Waals surface area contributed by atoms with E-state index in [1.54, 1.807) is 6.07 Å². The third kappa shape index (κ3) is 6.64. The molecule has 7 heteroatoms. The molecule has 2 aromatic rings. The van der Waals surface area contributed by atoms with Crippen molar-refractivity contribution in [2.45, 2.75) is 25.9 Å². The maximum atomic E-state index is 13.0. The highest BCUT2D eigenvalue weighted by Gasteiger charge is 2.21. The first kappa shape index (κ1) is 21.9. The number of morpholine rings is 1.